The molecule has 2 aliphatic carbocycles. The van der Waals surface area contributed by atoms with Crippen molar-refractivity contribution >= 4 is 0 Å². The number of ether oxygens (including phenoxy) is 1. The Kier molecular flexibility index (Phi) is 8.82. The molecular weight excluding hydrogens is 456 g/mol. The molecule has 1 N–H and O–H groups in total. The number of hydrogen-bond donors (Lipinski definition) is 1. The van der Waals surface area contributed by atoms with Crippen molar-refractivity contribution in [2.45, 2.75) is 65.0 Å². The molecule has 4 nitrogen and oxygen atoms in total. The van der Waals surface area contributed by atoms with Crippen LogP contribution in [-0.4, -0.2) is 54.7 Å². The summed E-state index contributed by atoms with van der Waals surface area (Å²) in [7, 11) is 3.96. The minimum Gasteiger partial charge on any atom is -0.508 e. The Morgan fingerprint density at radius 2 is 1.78 bits per heavy atom. The van der Waals surface area contributed by atoms with Gasteiger partial charge in [-0.25, -0.2) is 0 Å². The normalized spacial score (nSPS) is 21.7. The van der Waals surface area contributed by atoms with E-state index >= 15 is 0 Å². The number of aryl methyl sites for hydroxylation is 1. The zero-order chi connectivity index (χ0) is 26.6. The first-order valence-corrected chi connectivity index (χ1v) is 14.0. The van der Waals surface area contributed by atoms with Crippen molar-refractivity contribution in [2.75, 3.05) is 33.8 Å². The van der Waals surface area contributed by atoms with Gasteiger partial charge >= 0.3 is 0 Å². The van der Waals surface area contributed by atoms with Gasteiger partial charge in [-0.1, -0.05) is 64.1 Å². The predicted octanol–water partition coefficient (Wildman–Crippen LogP) is 6.33. The van der Waals surface area contributed by atoms with E-state index in [4.69, 9.17) is 4.74 Å². The van der Waals surface area contributed by atoms with Crippen molar-refractivity contribution in [2.24, 2.45) is 11.8 Å². The number of likely N-dealkylation sites (N-methyl/N-ethyl adjacent to an activating group) is 2. The maximum atomic E-state index is 9.92. The Labute approximate surface area is 224 Å². The molecule has 0 bridgehead atoms. The van der Waals surface area contributed by atoms with Gasteiger partial charge < -0.3 is 14.7 Å². The Bertz CT molecular complexity index is 1100. The van der Waals surface area contributed by atoms with Gasteiger partial charge in [-0.3, -0.25) is 4.90 Å². The van der Waals surface area contributed by atoms with Crippen molar-refractivity contribution in [3.8, 4) is 5.75 Å². The van der Waals surface area contributed by atoms with Gasteiger partial charge in [-0.2, -0.15) is 0 Å². The SMILES string of the molecule is CCN(C)CC(C)(C)c1ccc(CN(CC)C2C=C(OC)C=CC2[C@@H]2CCc3cc(O)ccc3C2)cc1. The molecule has 0 fully saturated rings. The number of methoxy groups -OCH3 is 1. The van der Waals surface area contributed by atoms with Gasteiger partial charge in [0.2, 0.25) is 0 Å². The molecule has 0 heterocycles. The van der Waals surface area contributed by atoms with Gasteiger partial charge in [-0.15, -0.1) is 0 Å². The number of phenolic OH excluding ortho intramolecular Hbond substituents is 1. The van der Waals surface area contributed by atoms with Crippen molar-refractivity contribution in [1.82, 2.24) is 9.80 Å². The molecule has 0 aliphatic heterocycles. The van der Waals surface area contributed by atoms with Gasteiger partial charge in [0.1, 0.15) is 11.5 Å². The standard InChI is InChI=1S/C33H46N2O2/c1-7-34(5)23-33(3,4)28-14-9-24(10-15-28)22-35(8-2)32-21-30(37-6)17-18-31(32)27-12-11-26-20-29(36)16-13-25(26)19-27/h9-10,13-18,20-21,27,31-32,36H,7-8,11-12,19,22-23H2,1-6H3/t27-,31?,32?/m1/s1. The second kappa shape index (κ2) is 11.9. The second-order valence-corrected chi connectivity index (χ2v) is 11.6. The third kappa shape index (κ3) is 6.48. The first-order chi connectivity index (χ1) is 17.7. The number of aromatic hydroxyl groups is 1. The summed E-state index contributed by atoms with van der Waals surface area (Å²) < 4.78 is 5.68. The van der Waals surface area contributed by atoms with Crippen LogP contribution in [0, 0.1) is 11.8 Å². The van der Waals surface area contributed by atoms with Crippen LogP contribution in [0.25, 0.3) is 0 Å². The summed E-state index contributed by atoms with van der Waals surface area (Å²) in [6.07, 6.45) is 10.1. The van der Waals surface area contributed by atoms with Crippen molar-refractivity contribution in [3.05, 3.63) is 88.7 Å². The highest BCUT2D eigenvalue weighted by Crippen LogP contribution is 2.38. The van der Waals surface area contributed by atoms with Crippen LogP contribution in [0.4, 0.5) is 0 Å². The van der Waals surface area contributed by atoms with E-state index in [1.54, 1.807) is 7.11 Å². The van der Waals surface area contributed by atoms with Crippen LogP contribution in [0.1, 0.15) is 56.4 Å². The van der Waals surface area contributed by atoms with Gasteiger partial charge in [0.05, 0.1) is 7.11 Å². The van der Waals surface area contributed by atoms with Gasteiger partial charge in [0, 0.05) is 24.5 Å². The molecule has 3 atom stereocenters. The minimum absolute atomic E-state index is 0.122. The maximum absolute atomic E-state index is 9.92. The first-order valence-electron chi connectivity index (χ1n) is 14.0. The highest BCUT2D eigenvalue weighted by atomic mass is 16.5. The highest BCUT2D eigenvalue weighted by molar-refractivity contribution is 5.37. The van der Waals surface area contributed by atoms with E-state index in [0.29, 0.717) is 23.6 Å². The molecule has 0 aromatic heterocycles. The maximum Gasteiger partial charge on any atom is 0.116 e. The lowest BCUT2D eigenvalue weighted by atomic mass is 9.72. The fourth-order valence-corrected chi connectivity index (χ4v) is 6.28. The molecule has 0 spiro atoms. The van der Waals surface area contributed by atoms with Crippen LogP contribution < -0.4 is 0 Å². The van der Waals surface area contributed by atoms with E-state index in [9.17, 15) is 5.11 Å². The van der Waals surface area contributed by atoms with E-state index < -0.39 is 0 Å². The van der Waals surface area contributed by atoms with Crippen LogP contribution in [0.2, 0.25) is 0 Å². The van der Waals surface area contributed by atoms with Gasteiger partial charge in [0.15, 0.2) is 0 Å². The topological polar surface area (TPSA) is 35.9 Å². The van der Waals surface area contributed by atoms with Gasteiger partial charge in [0.25, 0.3) is 0 Å². The summed E-state index contributed by atoms with van der Waals surface area (Å²) in [6, 6.07) is 15.5. The predicted molar refractivity (Wildman–Crippen MR) is 154 cm³/mol. The molecule has 37 heavy (non-hydrogen) atoms. The van der Waals surface area contributed by atoms with E-state index in [1.807, 2.05) is 12.1 Å². The number of hydrogen-bond acceptors (Lipinski definition) is 4. The molecular formula is C33H46N2O2. The Morgan fingerprint density at radius 3 is 2.46 bits per heavy atom. The Hall–Kier alpha value is -2.56. The zero-order valence-electron chi connectivity index (χ0n) is 23.7. The molecule has 4 heteroatoms. The summed E-state index contributed by atoms with van der Waals surface area (Å²) in [4.78, 5) is 4.99. The van der Waals surface area contributed by atoms with E-state index in [2.05, 4.69) is 93.1 Å². The number of phenols is 1. The van der Waals surface area contributed by atoms with Crippen LogP contribution >= 0.6 is 0 Å². The van der Waals surface area contributed by atoms with Crippen LogP contribution in [0.5, 0.6) is 5.75 Å². The quantitative estimate of drug-likeness (QED) is 0.412. The average Bonchev–Trinajstić information content (AvgIpc) is 2.91. The van der Waals surface area contributed by atoms with E-state index in [-0.39, 0.29) is 5.41 Å². The van der Waals surface area contributed by atoms with Crippen molar-refractivity contribution in [3.63, 3.8) is 0 Å². The zero-order valence-corrected chi connectivity index (χ0v) is 23.7. The number of benzene rings is 2. The second-order valence-electron chi connectivity index (χ2n) is 11.6. The number of allylic oxidation sites excluding steroid dienone is 1. The highest BCUT2D eigenvalue weighted by Gasteiger charge is 2.34. The fraction of sp³-hybridized carbons (Fsp3) is 0.515. The molecule has 0 saturated heterocycles. The summed E-state index contributed by atoms with van der Waals surface area (Å²) in [6.45, 7) is 13.2. The molecule has 2 unspecified atom stereocenters. The molecule has 0 amide bonds. The Morgan fingerprint density at radius 1 is 1.03 bits per heavy atom. The number of nitrogens with zero attached hydrogens (tertiary/aromatic N) is 2. The van der Waals surface area contributed by atoms with Crippen molar-refractivity contribution in [1.29, 1.82) is 0 Å². The third-order valence-corrected chi connectivity index (χ3v) is 8.60. The lowest BCUT2D eigenvalue weighted by Gasteiger charge is -2.41. The molecule has 2 aromatic rings. The molecule has 0 saturated carbocycles. The van der Waals surface area contributed by atoms with Crippen LogP contribution in [0.15, 0.2) is 66.5 Å². The van der Waals surface area contributed by atoms with Crippen LogP contribution in [-0.2, 0) is 29.5 Å². The molecule has 2 aromatic carbocycles. The smallest absolute Gasteiger partial charge is 0.116 e. The molecule has 4 rings (SSSR count). The first kappa shape index (κ1) is 27.5. The monoisotopic (exact) mass is 502 g/mol. The summed E-state index contributed by atoms with van der Waals surface area (Å²) in [5, 5.41) is 9.92. The molecule has 2 aliphatic rings. The lowest BCUT2D eigenvalue weighted by molar-refractivity contribution is 0.147. The Balaban J connectivity index is 1.52. The summed E-state index contributed by atoms with van der Waals surface area (Å²) >= 11 is 0. The van der Waals surface area contributed by atoms with E-state index in [1.165, 1.54) is 22.3 Å². The number of fused-ring (bicyclic) bond motifs is 1. The minimum atomic E-state index is 0.122. The number of rotatable bonds is 10. The average molecular weight is 503 g/mol. The molecule has 200 valence electrons. The lowest BCUT2D eigenvalue weighted by Crippen LogP contribution is -2.43. The largest absolute Gasteiger partial charge is 0.508 e. The van der Waals surface area contributed by atoms with Crippen molar-refractivity contribution < 1.29 is 9.84 Å². The summed E-state index contributed by atoms with van der Waals surface area (Å²) in [5.74, 6) is 2.34. The fourth-order valence-electron chi connectivity index (χ4n) is 6.28. The van der Waals surface area contributed by atoms with E-state index in [0.717, 1.165) is 51.2 Å². The summed E-state index contributed by atoms with van der Waals surface area (Å²) in [5.41, 5.74) is 5.57. The third-order valence-electron chi connectivity index (χ3n) is 8.60. The molecule has 0 radical (unpaired) electrons. The van der Waals surface area contributed by atoms with Gasteiger partial charge in [-0.05, 0) is 97.8 Å². The van der Waals surface area contributed by atoms with Crippen LogP contribution in [0.3, 0.4) is 0 Å².